The maximum atomic E-state index is 12.1. The minimum absolute atomic E-state index is 0.0703. The lowest BCUT2D eigenvalue weighted by Crippen LogP contribution is -2.43. The predicted molar refractivity (Wildman–Crippen MR) is 87.2 cm³/mol. The predicted octanol–water partition coefficient (Wildman–Crippen LogP) is 1.76. The summed E-state index contributed by atoms with van der Waals surface area (Å²) in [7, 11) is 0. The first-order valence-electron chi connectivity index (χ1n) is 8.47. The van der Waals surface area contributed by atoms with Crippen molar-refractivity contribution in [3.8, 4) is 5.75 Å². The van der Waals surface area contributed by atoms with Crippen molar-refractivity contribution in [1.29, 1.82) is 0 Å². The summed E-state index contributed by atoms with van der Waals surface area (Å²) >= 11 is 0. The number of carbonyl (C=O) groups excluding carboxylic acids is 2. The van der Waals surface area contributed by atoms with Crippen LogP contribution in [0.1, 0.15) is 31.2 Å². The molecule has 0 aliphatic carbocycles. The molecule has 0 aromatic heterocycles. The molecule has 0 spiro atoms. The van der Waals surface area contributed by atoms with Crippen molar-refractivity contribution in [3.63, 3.8) is 0 Å². The average Bonchev–Trinajstić information content (AvgIpc) is 2.77. The molecule has 2 aliphatic heterocycles. The minimum Gasteiger partial charge on any atom is -0.493 e. The zero-order valence-electron chi connectivity index (χ0n) is 13.4. The van der Waals surface area contributed by atoms with E-state index in [4.69, 9.17) is 4.74 Å². The van der Waals surface area contributed by atoms with E-state index in [1.54, 1.807) is 4.90 Å². The molecule has 5 heteroatoms. The van der Waals surface area contributed by atoms with Gasteiger partial charge >= 0.3 is 0 Å². The normalized spacial score (nSPS) is 21.1. The van der Waals surface area contributed by atoms with Crippen LogP contribution in [-0.2, 0) is 16.0 Å². The number of hydrogen-bond donors (Lipinski definition) is 1. The van der Waals surface area contributed by atoms with E-state index < -0.39 is 0 Å². The summed E-state index contributed by atoms with van der Waals surface area (Å²) in [5, 5.41) is 2.96. The van der Waals surface area contributed by atoms with Crippen LogP contribution in [0.25, 0.3) is 0 Å². The molecule has 1 aromatic rings. The van der Waals surface area contributed by atoms with E-state index in [0.717, 1.165) is 31.4 Å². The Labute approximate surface area is 137 Å². The van der Waals surface area contributed by atoms with Crippen molar-refractivity contribution < 1.29 is 14.3 Å². The molecule has 0 bridgehead atoms. The summed E-state index contributed by atoms with van der Waals surface area (Å²) in [5.74, 6) is 1.27. The van der Waals surface area contributed by atoms with Crippen molar-refractivity contribution in [1.82, 2.24) is 10.2 Å². The van der Waals surface area contributed by atoms with Gasteiger partial charge in [0.05, 0.1) is 13.2 Å². The lowest BCUT2D eigenvalue weighted by molar-refractivity contribution is -0.135. The number of carbonyl (C=O) groups is 2. The number of nitrogens with one attached hydrogen (secondary N) is 1. The SMILES string of the molecule is O=C(CN1CCCCCC1=O)NCC1COc2ccccc2C1. The molecule has 1 unspecified atom stereocenters. The third-order valence-electron chi connectivity index (χ3n) is 4.55. The summed E-state index contributed by atoms with van der Waals surface area (Å²) in [6.45, 7) is 2.10. The molecule has 1 fully saturated rings. The fourth-order valence-corrected chi connectivity index (χ4v) is 3.22. The van der Waals surface area contributed by atoms with Crippen LogP contribution in [0.3, 0.4) is 0 Å². The van der Waals surface area contributed by atoms with Crippen molar-refractivity contribution in [2.45, 2.75) is 32.1 Å². The highest BCUT2D eigenvalue weighted by molar-refractivity contribution is 5.84. The molecule has 5 nitrogen and oxygen atoms in total. The van der Waals surface area contributed by atoms with E-state index >= 15 is 0 Å². The number of para-hydroxylation sites is 1. The van der Waals surface area contributed by atoms with Crippen LogP contribution in [0.2, 0.25) is 0 Å². The molecule has 0 saturated carbocycles. The molecule has 1 saturated heterocycles. The highest BCUT2D eigenvalue weighted by Crippen LogP contribution is 2.26. The smallest absolute Gasteiger partial charge is 0.239 e. The van der Waals surface area contributed by atoms with Gasteiger partial charge in [0.2, 0.25) is 11.8 Å². The van der Waals surface area contributed by atoms with Gasteiger partial charge in [-0.25, -0.2) is 0 Å². The Kier molecular flexibility index (Phi) is 5.16. The van der Waals surface area contributed by atoms with Crippen LogP contribution >= 0.6 is 0 Å². The maximum absolute atomic E-state index is 12.1. The highest BCUT2D eigenvalue weighted by Gasteiger charge is 2.22. The Morgan fingerprint density at radius 3 is 3.04 bits per heavy atom. The summed E-state index contributed by atoms with van der Waals surface area (Å²) in [4.78, 5) is 25.7. The quantitative estimate of drug-likeness (QED) is 0.921. The standard InChI is InChI=1S/C18H24N2O3/c21-17(12-20-9-5-1-2-8-18(20)22)19-11-14-10-15-6-3-4-7-16(15)23-13-14/h3-4,6-7,14H,1-2,5,8-13H2,(H,19,21). The topological polar surface area (TPSA) is 58.6 Å². The van der Waals surface area contributed by atoms with E-state index in [-0.39, 0.29) is 24.3 Å². The van der Waals surface area contributed by atoms with Crippen molar-refractivity contribution in [2.75, 3.05) is 26.2 Å². The summed E-state index contributed by atoms with van der Waals surface area (Å²) in [5.41, 5.74) is 1.20. The molecule has 2 amide bonds. The Morgan fingerprint density at radius 1 is 1.26 bits per heavy atom. The lowest BCUT2D eigenvalue weighted by Gasteiger charge is -2.26. The molecule has 1 N–H and O–H groups in total. The van der Waals surface area contributed by atoms with Gasteiger partial charge in [-0.1, -0.05) is 24.6 Å². The third-order valence-corrected chi connectivity index (χ3v) is 4.55. The zero-order valence-corrected chi connectivity index (χ0v) is 13.4. The maximum Gasteiger partial charge on any atom is 0.239 e. The average molecular weight is 316 g/mol. The monoisotopic (exact) mass is 316 g/mol. The van der Waals surface area contributed by atoms with Gasteiger partial charge in [0, 0.05) is 25.4 Å². The third kappa shape index (κ3) is 4.24. The Balaban J connectivity index is 1.45. The number of amides is 2. The number of likely N-dealkylation sites (tertiary alicyclic amines) is 1. The second-order valence-electron chi connectivity index (χ2n) is 6.42. The van der Waals surface area contributed by atoms with Gasteiger partial charge in [-0.2, -0.15) is 0 Å². The fourth-order valence-electron chi connectivity index (χ4n) is 3.22. The minimum atomic E-state index is -0.0703. The molecule has 124 valence electrons. The fraction of sp³-hybridized carbons (Fsp3) is 0.556. The molecule has 3 rings (SSSR count). The first-order chi connectivity index (χ1) is 11.2. The van der Waals surface area contributed by atoms with Gasteiger partial charge in [0.15, 0.2) is 0 Å². The molecule has 1 atom stereocenters. The van der Waals surface area contributed by atoms with E-state index in [0.29, 0.717) is 26.1 Å². The number of nitrogens with zero attached hydrogens (tertiary/aromatic N) is 1. The lowest BCUT2D eigenvalue weighted by atomic mass is 9.97. The molecular weight excluding hydrogens is 292 g/mol. The number of hydrogen-bond acceptors (Lipinski definition) is 3. The van der Waals surface area contributed by atoms with Crippen molar-refractivity contribution >= 4 is 11.8 Å². The number of ether oxygens (including phenoxy) is 1. The molecule has 23 heavy (non-hydrogen) atoms. The molecule has 1 aromatic carbocycles. The number of fused-ring (bicyclic) bond motifs is 1. The first kappa shape index (κ1) is 15.8. The second-order valence-corrected chi connectivity index (χ2v) is 6.42. The Morgan fingerprint density at radius 2 is 2.13 bits per heavy atom. The summed E-state index contributed by atoms with van der Waals surface area (Å²) in [6.07, 6.45) is 4.49. The molecule has 2 heterocycles. The Hall–Kier alpha value is -2.04. The zero-order chi connectivity index (χ0) is 16.1. The van der Waals surface area contributed by atoms with E-state index in [2.05, 4.69) is 11.4 Å². The van der Waals surface area contributed by atoms with Crippen LogP contribution in [0.5, 0.6) is 5.75 Å². The van der Waals surface area contributed by atoms with E-state index in [9.17, 15) is 9.59 Å². The van der Waals surface area contributed by atoms with Gasteiger partial charge < -0.3 is 15.0 Å². The second kappa shape index (κ2) is 7.49. The van der Waals surface area contributed by atoms with Crippen molar-refractivity contribution in [3.05, 3.63) is 29.8 Å². The van der Waals surface area contributed by atoms with Gasteiger partial charge in [-0.05, 0) is 30.9 Å². The largest absolute Gasteiger partial charge is 0.493 e. The molecule has 0 radical (unpaired) electrons. The van der Waals surface area contributed by atoms with Crippen LogP contribution in [0.15, 0.2) is 24.3 Å². The van der Waals surface area contributed by atoms with Gasteiger partial charge in [-0.3, -0.25) is 9.59 Å². The molecule has 2 aliphatic rings. The van der Waals surface area contributed by atoms with Crippen LogP contribution in [-0.4, -0.2) is 43.0 Å². The number of rotatable bonds is 4. The van der Waals surface area contributed by atoms with E-state index in [1.807, 2.05) is 18.2 Å². The Bertz CT molecular complexity index is 573. The first-order valence-corrected chi connectivity index (χ1v) is 8.47. The summed E-state index contributed by atoms with van der Waals surface area (Å²) in [6, 6.07) is 8.03. The van der Waals surface area contributed by atoms with Gasteiger partial charge in [0.1, 0.15) is 5.75 Å². The van der Waals surface area contributed by atoms with Gasteiger partial charge in [-0.15, -0.1) is 0 Å². The van der Waals surface area contributed by atoms with Crippen LogP contribution in [0.4, 0.5) is 0 Å². The molecular formula is C18H24N2O3. The van der Waals surface area contributed by atoms with Crippen LogP contribution < -0.4 is 10.1 Å². The summed E-state index contributed by atoms with van der Waals surface area (Å²) < 4.78 is 5.74. The highest BCUT2D eigenvalue weighted by atomic mass is 16.5. The van der Waals surface area contributed by atoms with Crippen molar-refractivity contribution in [2.24, 2.45) is 5.92 Å². The van der Waals surface area contributed by atoms with Gasteiger partial charge in [0.25, 0.3) is 0 Å². The number of benzene rings is 1. The van der Waals surface area contributed by atoms with E-state index in [1.165, 1.54) is 5.56 Å². The van der Waals surface area contributed by atoms with Crippen LogP contribution in [0, 0.1) is 5.92 Å².